The lowest BCUT2D eigenvalue weighted by Crippen LogP contribution is -2.52. The molecular weight excluding hydrogens is 763 g/mol. The average molecular weight is 812 g/mol. The van der Waals surface area contributed by atoms with Crippen LogP contribution < -0.4 is 26.2 Å². The van der Waals surface area contributed by atoms with Crippen LogP contribution in [-0.2, 0) is 31.5 Å². The predicted octanol–water partition coefficient (Wildman–Crippen LogP) is 5.21. The topological polar surface area (TPSA) is 183 Å². The van der Waals surface area contributed by atoms with Gasteiger partial charge in [0.05, 0.1) is 23.4 Å². The Morgan fingerprint density at radius 2 is 1.65 bits per heavy atom. The summed E-state index contributed by atoms with van der Waals surface area (Å²) in [5, 5.41) is 35.3. The highest BCUT2D eigenvalue weighted by molar-refractivity contribution is 5.92. The van der Waals surface area contributed by atoms with Crippen LogP contribution in [0.15, 0.2) is 114 Å². The predicted molar refractivity (Wildman–Crippen MR) is 225 cm³/mol. The van der Waals surface area contributed by atoms with Crippen molar-refractivity contribution in [1.29, 1.82) is 0 Å². The van der Waals surface area contributed by atoms with E-state index in [0.29, 0.717) is 46.9 Å². The van der Waals surface area contributed by atoms with E-state index in [0.717, 1.165) is 54.7 Å². The van der Waals surface area contributed by atoms with Crippen LogP contribution in [0.4, 0.5) is 4.79 Å². The summed E-state index contributed by atoms with van der Waals surface area (Å²) in [5.41, 5.74) is 5.20. The maximum absolute atomic E-state index is 13.3. The highest BCUT2D eigenvalue weighted by Gasteiger charge is 2.37. The van der Waals surface area contributed by atoms with Crippen molar-refractivity contribution in [2.24, 2.45) is 13.0 Å². The number of phenolic OH excluding ortho intramolecular Hbond substituents is 1. The number of ether oxygens (including phenoxy) is 2. The second-order valence-corrected chi connectivity index (χ2v) is 15.5. The Balaban J connectivity index is 0.822. The van der Waals surface area contributed by atoms with Crippen molar-refractivity contribution >= 4 is 22.9 Å². The number of fused-ring (bicyclic) bond motifs is 4. The van der Waals surface area contributed by atoms with Crippen molar-refractivity contribution in [3.8, 4) is 11.5 Å². The van der Waals surface area contributed by atoms with E-state index in [1.165, 1.54) is 12.1 Å². The van der Waals surface area contributed by atoms with Crippen molar-refractivity contribution in [3.63, 3.8) is 0 Å². The molecule has 6 N–H and O–H groups in total. The number of carbonyl (C=O) groups excluding carboxylic acids is 2. The molecule has 60 heavy (non-hydrogen) atoms. The first-order valence-corrected chi connectivity index (χ1v) is 20.3. The largest absolute Gasteiger partial charge is 0.506 e. The quantitative estimate of drug-likeness (QED) is 0.0806. The van der Waals surface area contributed by atoms with Gasteiger partial charge < -0.3 is 40.6 Å². The van der Waals surface area contributed by atoms with E-state index in [-0.39, 0.29) is 42.2 Å². The Morgan fingerprint density at radius 1 is 0.900 bits per heavy atom. The molecule has 6 aromatic rings. The molecule has 3 atom stereocenters. The smallest absolute Gasteiger partial charge is 0.408 e. The maximum Gasteiger partial charge on any atom is 0.408 e. The number of aromatic hydroxyl groups is 1. The molecule has 3 fully saturated rings. The summed E-state index contributed by atoms with van der Waals surface area (Å²) in [6.45, 7) is 4.15. The van der Waals surface area contributed by atoms with Gasteiger partial charge in [-0.1, -0.05) is 72.8 Å². The fourth-order valence-corrected chi connectivity index (χ4v) is 8.09. The number of aromatic nitrogens is 3. The number of carbonyl (C=O) groups is 2. The van der Waals surface area contributed by atoms with Gasteiger partial charge in [-0.05, 0) is 90.0 Å². The molecule has 3 aliphatic heterocycles. The number of piperidine rings is 3. The van der Waals surface area contributed by atoms with Crippen LogP contribution in [0.5, 0.6) is 11.5 Å². The molecule has 310 valence electrons. The first kappa shape index (κ1) is 40.3. The summed E-state index contributed by atoms with van der Waals surface area (Å²) in [6, 6.07) is 32.5. The number of nitrogens with one attached hydrogen (secondary N) is 4. The van der Waals surface area contributed by atoms with Gasteiger partial charge in [-0.3, -0.25) is 19.2 Å². The number of pyridine rings is 1. The van der Waals surface area contributed by atoms with E-state index in [2.05, 4.69) is 30.9 Å². The number of rotatable bonds is 15. The number of nitrogens with zero attached hydrogens (tertiary/aromatic N) is 3. The molecule has 3 saturated heterocycles. The number of aliphatic hydroxyl groups is 1. The molecule has 2 amide bonds. The Bertz CT molecular complexity index is 2500. The van der Waals surface area contributed by atoms with Crippen LogP contribution in [0.2, 0.25) is 0 Å². The monoisotopic (exact) mass is 811 g/mol. The molecule has 0 spiro atoms. The summed E-state index contributed by atoms with van der Waals surface area (Å²) < 4.78 is 13.8. The zero-order valence-electron chi connectivity index (χ0n) is 33.3. The molecular formula is C46H49N7O7. The first-order valence-electron chi connectivity index (χ1n) is 20.3. The summed E-state index contributed by atoms with van der Waals surface area (Å²) in [6.07, 6.45) is 0.717. The Hall–Kier alpha value is -6.48. The van der Waals surface area contributed by atoms with Crippen molar-refractivity contribution in [1.82, 2.24) is 35.6 Å². The highest BCUT2D eigenvalue weighted by atomic mass is 16.6. The van der Waals surface area contributed by atoms with Gasteiger partial charge >= 0.3 is 6.09 Å². The van der Waals surface area contributed by atoms with Gasteiger partial charge in [0, 0.05) is 44.7 Å². The summed E-state index contributed by atoms with van der Waals surface area (Å²) >= 11 is 0. The minimum absolute atomic E-state index is 0.0562. The second kappa shape index (κ2) is 18.2. The Morgan fingerprint density at radius 3 is 2.40 bits per heavy atom. The summed E-state index contributed by atoms with van der Waals surface area (Å²) in [4.78, 5) is 43.1. The molecule has 2 aromatic heterocycles. The standard InChI is InChI=1S/C46H49N7O7/c1-52-34(28-59-35-9-5-8-33(22-35)43(32-6-3-2-4-7-32)50-46(58)60-41-27-53-20-18-31(41)19-21-53)23-38(51-52)45(57)48-25-30-12-10-29(11-13-30)24-47-26-40(55)36-14-16-39(54)44-37(36)15-17-42(56)49-44/h2-17,22-23,31,40-41,43,47,54-55H,18-21,24-28H2,1H3,(H,48,57)(H,49,56)(H,50,58). The van der Waals surface area contributed by atoms with Gasteiger partial charge in [0.15, 0.2) is 5.69 Å². The molecule has 3 aliphatic rings. The molecule has 4 aromatic carbocycles. The number of amides is 2. The van der Waals surface area contributed by atoms with Gasteiger partial charge in [0.2, 0.25) is 5.56 Å². The van der Waals surface area contributed by atoms with E-state index in [1.54, 1.807) is 29.9 Å². The minimum Gasteiger partial charge on any atom is -0.506 e. The number of hydrogen-bond acceptors (Lipinski definition) is 10. The normalized spacial score (nSPS) is 18.1. The number of aromatic amines is 1. The van der Waals surface area contributed by atoms with E-state index in [4.69, 9.17) is 9.47 Å². The van der Waals surface area contributed by atoms with Crippen LogP contribution >= 0.6 is 0 Å². The number of benzene rings is 4. The third kappa shape index (κ3) is 9.52. The van der Waals surface area contributed by atoms with Gasteiger partial charge in [-0.15, -0.1) is 0 Å². The summed E-state index contributed by atoms with van der Waals surface area (Å²) in [5.74, 6) is 0.643. The third-order valence-corrected chi connectivity index (χ3v) is 11.4. The third-order valence-electron chi connectivity index (χ3n) is 11.4. The van der Waals surface area contributed by atoms with Crippen molar-refractivity contribution in [2.75, 3.05) is 26.2 Å². The van der Waals surface area contributed by atoms with Crippen LogP contribution in [-0.4, -0.2) is 74.2 Å². The number of alkyl carbamates (subject to hydrolysis) is 1. The van der Waals surface area contributed by atoms with Crippen LogP contribution in [0.1, 0.15) is 69.0 Å². The number of aryl methyl sites for hydroxylation is 1. The molecule has 9 rings (SSSR count). The van der Waals surface area contributed by atoms with Gasteiger partial charge in [-0.2, -0.15) is 5.10 Å². The summed E-state index contributed by atoms with van der Waals surface area (Å²) in [7, 11) is 1.77. The zero-order valence-corrected chi connectivity index (χ0v) is 33.3. The van der Waals surface area contributed by atoms with Crippen LogP contribution in [0.25, 0.3) is 10.9 Å². The Kier molecular flexibility index (Phi) is 12.2. The first-order chi connectivity index (χ1) is 29.2. The minimum atomic E-state index is -0.864. The number of phenols is 1. The second-order valence-electron chi connectivity index (χ2n) is 15.5. The molecule has 2 bridgehead atoms. The fourth-order valence-electron chi connectivity index (χ4n) is 8.09. The fraction of sp³-hybridized carbons (Fsp3) is 0.304. The lowest BCUT2D eigenvalue weighted by atomic mass is 9.86. The van der Waals surface area contributed by atoms with Crippen molar-refractivity contribution in [3.05, 3.63) is 159 Å². The molecule has 14 heteroatoms. The maximum atomic E-state index is 13.3. The number of H-pyrrole nitrogens is 1. The van der Waals surface area contributed by atoms with Gasteiger partial charge in [0.25, 0.3) is 5.91 Å². The SMILES string of the molecule is Cn1nc(C(=O)NCc2ccc(CNCC(O)c3ccc(O)c4[nH]c(=O)ccc34)cc2)cc1COc1cccc(C(NC(=O)OC2CN3CCC2CC3)c2ccccc2)c1. The highest BCUT2D eigenvalue weighted by Crippen LogP contribution is 2.31. The number of hydrogen-bond donors (Lipinski definition) is 6. The molecule has 3 unspecified atom stereocenters. The number of aliphatic hydroxyl groups excluding tert-OH is 1. The van der Waals surface area contributed by atoms with E-state index in [1.807, 2.05) is 78.9 Å². The average Bonchev–Trinajstić information content (AvgIpc) is 3.65. The lowest BCUT2D eigenvalue weighted by Gasteiger charge is -2.43. The zero-order chi connectivity index (χ0) is 41.6. The van der Waals surface area contributed by atoms with E-state index < -0.39 is 18.2 Å². The van der Waals surface area contributed by atoms with E-state index >= 15 is 0 Å². The molecule has 0 aliphatic carbocycles. The lowest BCUT2D eigenvalue weighted by molar-refractivity contribution is -0.0336. The van der Waals surface area contributed by atoms with Gasteiger partial charge in [0.1, 0.15) is 24.2 Å². The van der Waals surface area contributed by atoms with Crippen LogP contribution in [0.3, 0.4) is 0 Å². The van der Waals surface area contributed by atoms with Gasteiger partial charge in [-0.25, -0.2) is 4.79 Å². The Labute approximate surface area is 347 Å². The molecule has 0 saturated carbocycles. The molecule has 5 heterocycles. The molecule has 14 nitrogen and oxygen atoms in total. The van der Waals surface area contributed by atoms with Crippen molar-refractivity contribution < 1.29 is 29.3 Å². The van der Waals surface area contributed by atoms with Crippen LogP contribution in [0, 0.1) is 5.92 Å². The molecule has 0 radical (unpaired) electrons. The van der Waals surface area contributed by atoms with Crippen molar-refractivity contribution in [2.45, 2.75) is 50.8 Å². The van der Waals surface area contributed by atoms with E-state index in [9.17, 15) is 24.6 Å².